The Hall–Kier alpha value is -2.13. The van der Waals surface area contributed by atoms with Gasteiger partial charge >= 0.3 is 0 Å². The number of aldehydes is 1. The Morgan fingerprint density at radius 1 is 1.48 bits per heavy atom. The summed E-state index contributed by atoms with van der Waals surface area (Å²) >= 11 is 1.21. The first-order valence-corrected chi connectivity index (χ1v) is 9.93. The third kappa shape index (κ3) is 2.98. The van der Waals surface area contributed by atoms with Crippen molar-refractivity contribution in [2.24, 2.45) is 0 Å². The number of thioether (sulfide) groups is 1. The van der Waals surface area contributed by atoms with Gasteiger partial charge in [0.2, 0.25) is 5.58 Å². The zero-order valence-electron chi connectivity index (χ0n) is 15.1. The number of benzene rings is 1. The molecule has 0 saturated carbocycles. The van der Waals surface area contributed by atoms with Crippen LogP contribution in [0.3, 0.4) is 0 Å². The van der Waals surface area contributed by atoms with E-state index in [1.807, 2.05) is 13.8 Å². The lowest BCUT2D eigenvalue weighted by molar-refractivity contribution is 0.0529. The summed E-state index contributed by atoms with van der Waals surface area (Å²) in [6.07, 6.45) is 1.31. The third-order valence-corrected chi connectivity index (χ3v) is 6.03. The van der Waals surface area contributed by atoms with Gasteiger partial charge in [0.1, 0.15) is 0 Å². The first kappa shape index (κ1) is 18.2. The lowest BCUT2D eigenvalue weighted by Crippen LogP contribution is -2.42. The van der Waals surface area contributed by atoms with E-state index in [9.17, 15) is 9.59 Å². The number of fused-ring (bicyclic) bond motifs is 1. The van der Waals surface area contributed by atoms with Crippen LogP contribution >= 0.6 is 11.8 Å². The molecule has 1 amide bonds. The van der Waals surface area contributed by atoms with E-state index in [2.05, 4.69) is 5.16 Å². The van der Waals surface area contributed by atoms with E-state index in [4.69, 9.17) is 9.26 Å². The van der Waals surface area contributed by atoms with Crippen LogP contribution in [0.4, 0.5) is 20.7 Å². The molecule has 2 saturated heterocycles. The molecule has 0 N–H and O–H groups in total. The van der Waals surface area contributed by atoms with Gasteiger partial charge < -0.3 is 14.2 Å². The summed E-state index contributed by atoms with van der Waals surface area (Å²) in [5.41, 5.74) is 0.375. The molecule has 1 aromatic heterocycles. The van der Waals surface area contributed by atoms with Crippen molar-refractivity contribution in [1.82, 2.24) is 5.16 Å². The molecule has 7 nitrogen and oxygen atoms in total. The van der Waals surface area contributed by atoms with E-state index in [-0.39, 0.29) is 40.0 Å². The number of nitrogens with zero attached hydrogens (tertiary/aromatic N) is 3. The van der Waals surface area contributed by atoms with Crippen LogP contribution in [0.25, 0.3) is 11.0 Å². The molecule has 2 aliphatic rings. The van der Waals surface area contributed by atoms with Gasteiger partial charge in [-0.1, -0.05) is 23.8 Å². The molecular weight excluding hydrogens is 373 g/mol. The zero-order valence-corrected chi connectivity index (χ0v) is 15.9. The quantitative estimate of drug-likeness (QED) is 0.736. The molecule has 3 heterocycles. The first-order valence-electron chi connectivity index (χ1n) is 8.94. The first-order chi connectivity index (χ1) is 13.0. The molecule has 1 aromatic carbocycles. The lowest BCUT2D eigenvalue weighted by atomic mass is 10.1. The Labute approximate surface area is 159 Å². The predicted octanol–water partition coefficient (Wildman–Crippen LogP) is 3.46. The van der Waals surface area contributed by atoms with Crippen LogP contribution < -0.4 is 9.80 Å². The highest BCUT2D eigenvalue weighted by atomic mass is 32.2. The number of halogens is 1. The summed E-state index contributed by atoms with van der Waals surface area (Å²) in [6.45, 7) is 5.29. The molecule has 0 spiro atoms. The van der Waals surface area contributed by atoms with Crippen molar-refractivity contribution in [2.45, 2.75) is 32.4 Å². The number of carbonyl (C=O) groups excluding carboxylic acids is 2. The maximum Gasteiger partial charge on any atom is 0.287 e. The Bertz CT molecular complexity index is 902. The van der Waals surface area contributed by atoms with Crippen LogP contribution in [-0.4, -0.2) is 54.3 Å². The summed E-state index contributed by atoms with van der Waals surface area (Å²) in [7, 11) is 0. The van der Waals surface area contributed by atoms with Crippen molar-refractivity contribution in [3.05, 3.63) is 17.4 Å². The number of aromatic nitrogens is 1. The molecule has 2 aliphatic heterocycles. The average Bonchev–Trinajstić information content (AvgIpc) is 3.24. The van der Waals surface area contributed by atoms with Crippen molar-refractivity contribution in [1.29, 1.82) is 0 Å². The van der Waals surface area contributed by atoms with E-state index in [0.717, 1.165) is 6.42 Å². The Morgan fingerprint density at radius 2 is 2.30 bits per heavy atom. The van der Waals surface area contributed by atoms with Crippen LogP contribution in [0.5, 0.6) is 0 Å². The minimum absolute atomic E-state index is 0.0293. The number of morpholine rings is 1. The highest BCUT2D eigenvalue weighted by Crippen LogP contribution is 2.39. The van der Waals surface area contributed by atoms with Gasteiger partial charge in [-0.3, -0.25) is 14.5 Å². The molecule has 2 aromatic rings. The topological polar surface area (TPSA) is 75.9 Å². The molecular formula is C18H20FN3O4S. The molecule has 2 unspecified atom stereocenters. The molecule has 2 fully saturated rings. The average molecular weight is 393 g/mol. The summed E-state index contributed by atoms with van der Waals surface area (Å²) in [6, 6.07) is 1.54. The fourth-order valence-electron chi connectivity index (χ4n) is 3.66. The Balaban J connectivity index is 1.84. The van der Waals surface area contributed by atoms with Crippen LogP contribution in [0.2, 0.25) is 0 Å². The Kier molecular flexibility index (Phi) is 4.81. The number of carbonyl (C=O) groups is 2. The van der Waals surface area contributed by atoms with Gasteiger partial charge in [0.05, 0.1) is 23.8 Å². The summed E-state index contributed by atoms with van der Waals surface area (Å²) in [4.78, 5) is 27.4. The van der Waals surface area contributed by atoms with Gasteiger partial charge in [-0.05, 0) is 19.4 Å². The van der Waals surface area contributed by atoms with Gasteiger partial charge in [0.15, 0.2) is 17.9 Å². The van der Waals surface area contributed by atoms with Crippen LogP contribution in [0.15, 0.2) is 10.6 Å². The molecule has 0 aliphatic carbocycles. The van der Waals surface area contributed by atoms with Crippen molar-refractivity contribution >= 4 is 45.8 Å². The molecule has 0 bridgehead atoms. The minimum Gasteiger partial charge on any atom is -0.375 e. The number of rotatable bonds is 4. The van der Waals surface area contributed by atoms with Gasteiger partial charge in [0.25, 0.3) is 5.24 Å². The van der Waals surface area contributed by atoms with E-state index in [1.165, 1.54) is 11.8 Å². The van der Waals surface area contributed by atoms with E-state index in [0.29, 0.717) is 37.1 Å². The maximum atomic E-state index is 15.3. The number of ether oxygens (including phenoxy) is 1. The van der Waals surface area contributed by atoms with E-state index >= 15 is 4.39 Å². The van der Waals surface area contributed by atoms with Gasteiger partial charge in [-0.15, -0.1) is 0 Å². The molecule has 0 radical (unpaired) electrons. The van der Waals surface area contributed by atoms with Crippen molar-refractivity contribution < 1.29 is 23.2 Å². The Morgan fingerprint density at radius 3 is 3.00 bits per heavy atom. The van der Waals surface area contributed by atoms with Crippen molar-refractivity contribution in [2.75, 3.05) is 35.2 Å². The number of hydrogen-bond acceptors (Lipinski definition) is 7. The predicted molar refractivity (Wildman–Crippen MR) is 101 cm³/mol. The normalized spacial score (nSPS) is 23.4. The standard InChI is InChI=1S/C18H20FN3O4S/c1-3-12-9-27-18(24)22(12)17-13-6-11(8-23)15(14(19)16(13)26-20-17)21-4-5-25-10(2)7-21/h6,8,10,12H,3-5,7,9H2,1-2H3. The number of anilines is 2. The van der Waals surface area contributed by atoms with Crippen molar-refractivity contribution in [3.8, 4) is 0 Å². The SMILES string of the molecule is CCC1CSC(=O)N1c1noc2c(F)c(N3CCOC(C)C3)c(C=O)cc12. The fourth-order valence-corrected chi connectivity index (χ4v) is 4.76. The van der Waals surface area contributed by atoms with Gasteiger partial charge in [0, 0.05) is 30.4 Å². The number of hydrogen-bond donors (Lipinski definition) is 0. The summed E-state index contributed by atoms with van der Waals surface area (Å²) in [5, 5.41) is 4.18. The lowest BCUT2D eigenvalue weighted by Gasteiger charge is -2.33. The summed E-state index contributed by atoms with van der Waals surface area (Å²) in [5.74, 6) is 0.293. The largest absolute Gasteiger partial charge is 0.375 e. The smallest absolute Gasteiger partial charge is 0.287 e. The summed E-state index contributed by atoms with van der Waals surface area (Å²) < 4.78 is 26.1. The second kappa shape index (κ2) is 7.12. The minimum atomic E-state index is -0.630. The van der Waals surface area contributed by atoms with Crippen LogP contribution in [0.1, 0.15) is 30.6 Å². The van der Waals surface area contributed by atoms with Gasteiger partial charge in [-0.2, -0.15) is 0 Å². The molecule has 4 rings (SSSR count). The molecule has 2 atom stereocenters. The molecule has 144 valence electrons. The van der Waals surface area contributed by atoms with Gasteiger partial charge in [-0.25, -0.2) is 4.39 Å². The van der Waals surface area contributed by atoms with E-state index < -0.39 is 5.82 Å². The second-order valence-electron chi connectivity index (χ2n) is 6.77. The monoisotopic (exact) mass is 393 g/mol. The van der Waals surface area contributed by atoms with Crippen LogP contribution in [-0.2, 0) is 4.74 Å². The number of amides is 1. The third-order valence-electron chi connectivity index (χ3n) is 5.03. The van der Waals surface area contributed by atoms with Crippen LogP contribution in [0, 0.1) is 5.82 Å². The highest BCUT2D eigenvalue weighted by Gasteiger charge is 2.36. The fraction of sp³-hybridized carbons (Fsp3) is 0.500. The van der Waals surface area contributed by atoms with Crippen molar-refractivity contribution in [3.63, 3.8) is 0 Å². The maximum absolute atomic E-state index is 15.3. The highest BCUT2D eigenvalue weighted by molar-refractivity contribution is 8.14. The zero-order chi connectivity index (χ0) is 19.1. The molecule has 9 heteroatoms. The second-order valence-corrected chi connectivity index (χ2v) is 7.74. The molecule has 27 heavy (non-hydrogen) atoms. The van der Waals surface area contributed by atoms with E-state index in [1.54, 1.807) is 15.9 Å².